The standard InChI is InChI=1S/C23H25NO/c1-19-9-7-12-21(17-19)18-24-22-14-5-6-15-23(22)25-16-8-13-20-10-3-2-4-11-20/h2-7,9-12,14-15,17,24H,8,13,16,18H2,1H3. The van der Waals surface area contributed by atoms with Crippen LogP contribution in [0.15, 0.2) is 78.9 Å². The SMILES string of the molecule is Cc1cccc(CNc2ccccc2OCCCc2ccccc2)c1. The van der Waals surface area contributed by atoms with E-state index in [2.05, 4.69) is 72.9 Å². The quantitative estimate of drug-likeness (QED) is 0.541. The molecule has 0 atom stereocenters. The Kier molecular flexibility index (Phi) is 6.11. The van der Waals surface area contributed by atoms with Gasteiger partial charge in [0, 0.05) is 6.54 Å². The zero-order valence-electron chi connectivity index (χ0n) is 14.7. The van der Waals surface area contributed by atoms with Crippen LogP contribution in [0.25, 0.3) is 0 Å². The van der Waals surface area contributed by atoms with E-state index in [4.69, 9.17) is 4.74 Å². The van der Waals surface area contributed by atoms with Gasteiger partial charge >= 0.3 is 0 Å². The Morgan fingerprint density at radius 2 is 1.56 bits per heavy atom. The summed E-state index contributed by atoms with van der Waals surface area (Å²) in [5, 5.41) is 3.49. The molecule has 0 aliphatic heterocycles. The second-order valence-corrected chi connectivity index (χ2v) is 6.28. The van der Waals surface area contributed by atoms with Crippen LogP contribution in [0.3, 0.4) is 0 Å². The van der Waals surface area contributed by atoms with Gasteiger partial charge in [-0.05, 0) is 43.0 Å². The van der Waals surface area contributed by atoms with Crippen LogP contribution in [0.4, 0.5) is 5.69 Å². The van der Waals surface area contributed by atoms with Gasteiger partial charge < -0.3 is 10.1 Å². The van der Waals surface area contributed by atoms with Gasteiger partial charge in [0.05, 0.1) is 12.3 Å². The molecule has 0 aliphatic carbocycles. The predicted molar refractivity (Wildman–Crippen MR) is 105 cm³/mol. The van der Waals surface area contributed by atoms with Crippen LogP contribution in [0.5, 0.6) is 5.75 Å². The van der Waals surface area contributed by atoms with E-state index in [1.807, 2.05) is 18.2 Å². The second-order valence-electron chi connectivity index (χ2n) is 6.28. The number of hydrogen-bond donors (Lipinski definition) is 1. The molecule has 0 heterocycles. The average molecular weight is 331 g/mol. The summed E-state index contributed by atoms with van der Waals surface area (Å²) in [6.07, 6.45) is 2.05. The molecule has 0 fully saturated rings. The number of para-hydroxylation sites is 2. The van der Waals surface area contributed by atoms with Crippen molar-refractivity contribution in [2.45, 2.75) is 26.3 Å². The first-order valence-electron chi connectivity index (χ1n) is 8.86. The van der Waals surface area contributed by atoms with Gasteiger partial charge in [-0.15, -0.1) is 0 Å². The Bertz CT molecular complexity index is 783. The van der Waals surface area contributed by atoms with E-state index >= 15 is 0 Å². The normalized spacial score (nSPS) is 10.4. The van der Waals surface area contributed by atoms with Crippen molar-refractivity contribution < 1.29 is 4.74 Å². The van der Waals surface area contributed by atoms with E-state index in [0.717, 1.165) is 37.4 Å². The number of ether oxygens (including phenoxy) is 1. The smallest absolute Gasteiger partial charge is 0.142 e. The zero-order valence-corrected chi connectivity index (χ0v) is 14.7. The molecule has 2 nitrogen and oxygen atoms in total. The molecule has 3 rings (SSSR count). The van der Waals surface area contributed by atoms with Gasteiger partial charge in [0.1, 0.15) is 5.75 Å². The molecular weight excluding hydrogens is 306 g/mol. The summed E-state index contributed by atoms with van der Waals surface area (Å²) in [6.45, 7) is 3.64. The van der Waals surface area contributed by atoms with Crippen molar-refractivity contribution in [1.29, 1.82) is 0 Å². The molecule has 0 unspecified atom stereocenters. The summed E-state index contributed by atoms with van der Waals surface area (Å²) in [5.41, 5.74) is 4.96. The first kappa shape index (κ1) is 17.1. The summed E-state index contributed by atoms with van der Waals surface area (Å²) in [4.78, 5) is 0. The molecule has 128 valence electrons. The Morgan fingerprint density at radius 3 is 2.40 bits per heavy atom. The molecule has 0 aliphatic rings. The molecule has 3 aromatic rings. The van der Waals surface area contributed by atoms with E-state index in [0.29, 0.717) is 0 Å². The molecule has 3 aromatic carbocycles. The minimum atomic E-state index is 0.720. The maximum atomic E-state index is 6.01. The zero-order chi connectivity index (χ0) is 17.3. The third kappa shape index (κ3) is 5.39. The van der Waals surface area contributed by atoms with Crippen LogP contribution in [-0.2, 0) is 13.0 Å². The Morgan fingerprint density at radius 1 is 0.800 bits per heavy atom. The molecule has 2 heteroatoms. The number of rotatable bonds is 8. The first-order chi connectivity index (χ1) is 12.3. The van der Waals surface area contributed by atoms with Crippen LogP contribution in [0, 0.1) is 6.92 Å². The summed E-state index contributed by atoms with van der Waals surface area (Å²) in [5.74, 6) is 0.920. The summed E-state index contributed by atoms with van der Waals surface area (Å²) >= 11 is 0. The Balaban J connectivity index is 1.52. The largest absolute Gasteiger partial charge is 0.491 e. The fraction of sp³-hybridized carbons (Fsp3) is 0.217. The molecule has 0 spiro atoms. The maximum absolute atomic E-state index is 6.01. The van der Waals surface area contributed by atoms with Crippen LogP contribution < -0.4 is 10.1 Å². The highest BCUT2D eigenvalue weighted by Crippen LogP contribution is 2.24. The monoisotopic (exact) mass is 331 g/mol. The van der Waals surface area contributed by atoms with Crippen molar-refractivity contribution in [2.24, 2.45) is 0 Å². The maximum Gasteiger partial charge on any atom is 0.142 e. The van der Waals surface area contributed by atoms with E-state index in [1.165, 1.54) is 16.7 Å². The number of anilines is 1. The molecule has 0 amide bonds. The lowest BCUT2D eigenvalue weighted by atomic mass is 10.1. The van der Waals surface area contributed by atoms with E-state index in [9.17, 15) is 0 Å². The van der Waals surface area contributed by atoms with Crippen molar-refractivity contribution in [2.75, 3.05) is 11.9 Å². The lowest BCUT2D eigenvalue weighted by molar-refractivity contribution is 0.312. The fourth-order valence-corrected chi connectivity index (χ4v) is 2.86. The topological polar surface area (TPSA) is 21.3 Å². The molecule has 25 heavy (non-hydrogen) atoms. The van der Waals surface area contributed by atoms with Gasteiger partial charge in [0.25, 0.3) is 0 Å². The Labute approximate surface area is 150 Å². The third-order valence-electron chi connectivity index (χ3n) is 4.16. The lowest BCUT2D eigenvalue weighted by Gasteiger charge is -2.13. The first-order valence-corrected chi connectivity index (χ1v) is 8.86. The van der Waals surface area contributed by atoms with Crippen molar-refractivity contribution in [3.8, 4) is 5.75 Å². The predicted octanol–water partition coefficient (Wildman–Crippen LogP) is 5.62. The van der Waals surface area contributed by atoms with Gasteiger partial charge in [-0.3, -0.25) is 0 Å². The number of aryl methyl sites for hydroxylation is 2. The van der Waals surface area contributed by atoms with Crippen LogP contribution in [0.1, 0.15) is 23.1 Å². The highest BCUT2D eigenvalue weighted by atomic mass is 16.5. The Hall–Kier alpha value is -2.74. The van der Waals surface area contributed by atoms with E-state index < -0.39 is 0 Å². The highest BCUT2D eigenvalue weighted by molar-refractivity contribution is 5.56. The molecule has 1 N–H and O–H groups in total. The van der Waals surface area contributed by atoms with Crippen molar-refractivity contribution in [1.82, 2.24) is 0 Å². The minimum absolute atomic E-state index is 0.720. The van der Waals surface area contributed by atoms with Crippen molar-refractivity contribution in [3.05, 3.63) is 95.6 Å². The second kappa shape index (κ2) is 8.93. The fourth-order valence-electron chi connectivity index (χ4n) is 2.86. The molecule has 0 radical (unpaired) electrons. The van der Waals surface area contributed by atoms with Gasteiger partial charge in [0.15, 0.2) is 0 Å². The van der Waals surface area contributed by atoms with E-state index in [-0.39, 0.29) is 0 Å². The molecular formula is C23H25NO. The summed E-state index contributed by atoms with van der Waals surface area (Å²) in [7, 11) is 0. The molecule has 0 saturated carbocycles. The van der Waals surface area contributed by atoms with Crippen molar-refractivity contribution in [3.63, 3.8) is 0 Å². The minimum Gasteiger partial charge on any atom is -0.491 e. The summed E-state index contributed by atoms with van der Waals surface area (Å²) in [6, 6.07) is 27.3. The van der Waals surface area contributed by atoms with Crippen LogP contribution in [-0.4, -0.2) is 6.61 Å². The van der Waals surface area contributed by atoms with Gasteiger partial charge in [0.2, 0.25) is 0 Å². The summed E-state index contributed by atoms with van der Waals surface area (Å²) < 4.78 is 6.01. The number of nitrogens with one attached hydrogen (secondary N) is 1. The van der Waals surface area contributed by atoms with E-state index in [1.54, 1.807) is 0 Å². The van der Waals surface area contributed by atoms with Crippen LogP contribution >= 0.6 is 0 Å². The molecule has 0 saturated heterocycles. The van der Waals surface area contributed by atoms with Crippen molar-refractivity contribution >= 4 is 5.69 Å². The van der Waals surface area contributed by atoms with Gasteiger partial charge in [-0.2, -0.15) is 0 Å². The molecule has 0 aromatic heterocycles. The van der Waals surface area contributed by atoms with Crippen LogP contribution in [0.2, 0.25) is 0 Å². The lowest BCUT2D eigenvalue weighted by Crippen LogP contribution is -2.04. The molecule has 0 bridgehead atoms. The third-order valence-corrected chi connectivity index (χ3v) is 4.16. The van der Waals surface area contributed by atoms with Gasteiger partial charge in [-0.25, -0.2) is 0 Å². The average Bonchev–Trinajstić information content (AvgIpc) is 2.65. The van der Waals surface area contributed by atoms with Gasteiger partial charge in [-0.1, -0.05) is 72.3 Å². The highest BCUT2D eigenvalue weighted by Gasteiger charge is 2.03. The number of benzene rings is 3. The number of hydrogen-bond acceptors (Lipinski definition) is 2.